The minimum Gasteiger partial charge on any atom is -0.392 e. The van der Waals surface area contributed by atoms with Gasteiger partial charge in [-0.15, -0.1) is 0 Å². The third kappa shape index (κ3) is 2.81. The third-order valence-electron chi connectivity index (χ3n) is 2.16. The highest BCUT2D eigenvalue weighted by atomic mass is 16.3. The van der Waals surface area contributed by atoms with Crippen LogP contribution < -0.4 is 0 Å². The van der Waals surface area contributed by atoms with E-state index < -0.39 is 6.10 Å². The molecule has 1 unspecified atom stereocenters. The van der Waals surface area contributed by atoms with E-state index >= 15 is 0 Å². The summed E-state index contributed by atoms with van der Waals surface area (Å²) in [6, 6.07) is 0. The third-order valence-corrected chi connectivity index (χ3v) is 2.16. The predicted molar refractivity (Wildman–Crippen MR) is 46.7 cm³/mol. The van der Waals surface area contributed by atoms with Crippen LogP contribution in [0.2, 0.25) is 0 Å². The van der Waals surface area contributed by atoms with Crippen molar-refractivity contribution in [1.82, 2.24) is 4.90 Å². The van der Waals surface area contributed by atoms with E-state index in [-0.39, 0.29) is 5.91 Å². The van der Waals surface area contributed by atoms with Gasteiger partial charge in [0.1, 0.15) is 0 Å². The Morgan fingerprint density at radius 1 is 1.50 bits per heavy atom. The van der Waals surface area contributed by atoms with E-state index in [1.54, 1.807) is 11.8 Å². The molecule has 1 aliphatic heterocycles. The van der Waals surface area contributed by atoms with Crippen LogP contribution in [0.5, 0.6) is 0 Å². The van der Waals surface area contributed by atoms with Gasteiger partial charge in [-0.2, -0.15) is 0 Å². The molecule has 1 heterocycles. The molecule has 1 rings (SSSR count). The average Bonchev–Trinajstić information content (AvgIpc) is 2.16. The first kappa shape index (κ1) is 9.52. The quantitative estimate of drug-likeness (QED) is 0.666. The smallest absolute Gasteiger partial charge is 0.222 e. The molecule has 12 heavy (non-hydrogen) atoms. The van der Waals surface area contributed by atoms with Gasteiger partial charge in [0.25, 0.3) is 0 Å². The van der Waals surface area contributed by atoms with Crippen LogP contribution in [0.4, 0.5) is 0 Å². The second-order valence-electron chi connectivity index (χ2n) is 3.50. The zero-order valence-electron chi connectivity index (χ0n) is 7.62. The number of carbonyl (C=O) groups is 1. The lowest BCUT2D eigenvalue weighted by Crippen LogP contribution is -2.35. The molecule has 0 aromatic heterocycles. The van der Waals surface area contributed by atoms with Crippen LogP contribution in [-0.2, 0) is 4.79 Å². The number of amides is 1. The van der Waals surface area contributed by atoms with Crippen molar-refractivity contribution < 1.29 is 9.90 Å². The zero-order valence-corrected chi connectivity index (χ0v) is 7.62. The Morgan fingerprint density at radius 2 is 2.25 bits per heavy atom. The highest BCUT2D eigenvalue weighted by Crippen LogP contribution is 2.11. The summed E-state index contributed by atoms with van der Waals surface area (Å²) in [6.07, 6.45) is 3.49. The molecule has 1 atom stereocenters. The number of β-amino-alcohol motifs (C(OH)–C–C–N with tert-alkyl or cyclic N) is 1. The average molecular weight is 171 g/mol. The molecule has 1 fully saturated rings. The number of likely N-dealkylation sites (tertiary alicyclic amines) is 1. The van der Waals surface area contributed by atoms with E-state index in [2.05, 4.69) is 0 Å². The number of aliphatic hydroxyl groups is 1. The minimum absolute atomic E-state index is 0.202. The van der Waals surface area contributed by atoms with Crippen LogP contribution in [0.15, 0.2) is 0 Å². The van der Waals surface area contributed by atoms with E-state index in [1.165, 1.54) is 0 Å². The first-order chi connectivity index (χ1) is 5.70. The van der Waals surface area contributed by atoms with Crippen LogP contribution in [-0.4, -0.2) is 35.1 Å². The van der Waals surface area contributed by atoms with E-state index in [4.69, 9.17) is 5.11 Å². The number of hydrogen-bond donors (Lipinski definition) is 1. The van der Waals surface area contributed by atoms with Crippen molar-refractivity contribution in [2.75, 3.05) is 13.1 Å². The topological polar surface area (TPSA) is 40.5 Å². The standard InChI is InChI=1S/C9H17NO2/c1-8(11)7-10-6-4-2-3-5-9(10)12/h8,11H,2-7H2,1H3. The molecule has 0 aliphatic carbocycles. The van der Waals surface area contributed by atoms with Crippen molar-refractivity contribution in [2.45, 2.75) is 38.7 Å². The SMILES string of the molecule is CC(O)CN1CCCCCC1=O. The van der Waals surface area contributed by atoms with Gasteiger partial charge in [-0.05, 0) is 19.8 Å². The largest absolute Gasteiger partial charge is 0.392 e. The van der Waals surface area contributed by atoms with Gasteiger partial charge in [-0.1, -0.05) is 6.42 Å². The lowest BCUT2D eigenvalue weighted by Gasteiger charge is -2.21. The van der Waals surface area contributed by atoms with E-state index in [0.717, 1.165) is 25.8 Å². The maximum atomic E-state index is 11.4. The summed E-state index contributed by atoms with van der Waals surface area (Å²) in [7, 11) is 0. The Morgan fingerprint density at radius 3 is 2.92 bits per heavy atom. The number of carbonyl (C=O) groups excluding carboxylic acids is 1. The van der Waals surface area contributed by atoms with Crippen LogP contribution in [0.1, 0.15) is 32.6 Å². The predicted octanol–water partition coefficient (Wildman–Crippen LogP) is 0.770. The molecule has 0 bridgehead atoms. The van der Waals surface area contributed by atoms with Gasteiger partial charge in [0.15, 0.2) is 0 Å². The van der Waals surface area contributed by atoms with Crippen LogP contribution in [0, 0.1) is 0 Å². The molecule has 0 radical (unpaired) electrons. The molecule has 0 aromatic rings. The molecule has 0 saturated carbocycles. The summed E-state index contributed by atoms with van der Waals surface area (Å²) in [5, 5.41) is 9.12. The van der Waals surface area contributed by atoms with Gasteiger partial charge in [0, 0.05) is 19.5 Å². The second-order valence-corrected chi connectivity index (χ2v) is 3.50. The van der Waals surface area contributed by atoms with Gasteiger partial charge in [0.2, 0.25) is 5.91 Å². The van der Waals surface area contributed by atoms with Crippen molar-refractivity contribution >= 4 is 5.91 Å². The van der Waals surface area contributed by atoms with E-state index in [9.17, 15) is 4.79 Å². The Labute approximate surface area is 73.4 Å². The Kier molecular flexibility index (Phi) is 3.53. The number of rotatable bonds is 2. The maximum Gasteiger partial charge on any atom is 0.222 e. The second kappa shape index (κ2) is 4.45. The Bertz CT molecular complexity index is 157. The van der Waals surface area contributed by atoms with Crippen LogP contribution in [0.25, 0.3) is 0 Å². The lowest BCUT2D eigenvalue weighted by molar-refractivity contribution is -0.131. The first-order valence-corrected chi connectivity index (χ1v) is 4.66. The summed E-state index contributed by atoms with van der Waals surface area (Å²) < 4.78 is 0. The number of aliphatic hydroxyl groups excluding tert-OH is 1. The van der Waals surface area contributed by atoms with Crippen LogP contribution >= 0.6 is 0 Å². The summed E-state index contributed by atoms with van der Waals surface area (Å²) in [4.78, 5) is 13.1. The highest BCUT2D eigenvalue weighted by Gasteiger charge is 2.17. The van der Waals surface area contributed by atoms with Gasteiger partial charge in [-0.3, -0.25) is 4.79 Å². The first-order valence-electron chi connectivity index (χ1n) is 4.66. The van der Waals surface area contributed by atoms with Crippen molar-refractivity contribution in [1.29, 1.82) is 0 Å². The molecule has 0 aromatic carbocycles. The van der Waals surface area contributed by atoms with Crippen molar-refractivity contribution in [3.05, 3.63) is 0 Å². The molecule has 1 N–H and O–H groups in total. The zero-order chi connectivity index (χ0) is 8.97. The molecular weight excluding hydrogens is 154 g/mol. The maximum absolute atomic E-state index is 11.4. The number of hydrogen-bond acceptors (Lipinski definition) is 2. The summed E-state index contributed by atoms with van der Waals surface area (Å²) in [5.41, 5.74) is 0. The van der Waals surface area contributed by atoms with Gasteiger partial charge >= 0.3 is 0 Å². The summed E-state index contributed by atoms with van der Waals surface area (Å²) >= 11 is 0. The number of nitrogens with zero attached hydrogens (tertiary/aromatic N) is 1. The fourth-order valence-electron chi connectivity index (χ4n) is 1.55. The monoisotopic (exact) mass is 171 g/mol. The highest BCUT2D eigenvalue weighted by molar-refractivity contribution is 5.76. The molecule has 3 nitrogen and oxygen atoms in total. The lowest BCUT2D eigenvalue weighted by atomic mass is 10.2. The van der Waals surface area contributed by atoms with E-state index in [1.807, 2.05) is 0 Å². The van der Waals surface area contributed by atoms with Crippen molar-refractivity contribution in [2.24, 2.45) is 0 Å². The minimum atomic E-state index is -0.396. The summed E-state index contributed by atoms with van der Waals surface area (Å²) in [5.74, 6) is 0.202. The van der Waals surface area contributed by atoms with Crippen molar-refractivity contribution in [3.8, 4) is 0 Å². The summed E-state index contributed by atoms with van der Waals surface area (Å²) in [6.45, 7) is 3.04. The molecule has 70 valence electrons. The molecule has 1 amide bonds. The molecular formula is C9H17NO2. The normalized spacial score (nSPS) is 22.2. The van der Waals surface area contributed by atoms with Crippen LogP contribution in [0.3, 0.4) is 0 Å². The molecule has 1 saturated heterocycles. The molecule has 3 heteroatoms. The Hall–Kier alpha value is -0.570. The van der Waals surface area contributed by atoms with Gasteiger partial charge in [-0.25, -0.2) is 0 Å². The van der Waals surface area contributed by atoms with Crippen molar-refractivity contribution in [3.63, 3.8) is 0 Å². The fraction of sp³-hybridized carbons (Fsp3) is 0.889. The molecule has 1 aliphatic rings. The molecule has 0 spiro atoms. The van der Waals surface area contributed by atoms with E-state index in [0.29, 0.717) is 13.0 Å². The Balaban J connectivity index is 2.42. The van der Waals surface area contributed by atoms with Gasteiger partial charge in [0.05, 0.1) is 6.10 Å². The fourth-order valence-corrected chi connectivity index (χ4v) is 1.55. The van der Waals surface area contributed by atoms with Gasteiger partial charge < -0.3 is 10.0 Å².